The number of rotatable bonds is 4. The van der Waals surface area contributed by atoms with Gasteiger partial charge in [-0.2, -0.15) is 0 Å². The topological polar surface area (TPSA) is 90.7 Å². The van der Waals surface area contributed by atoms with E-state index in [1.165, 1.54) is 7.11 Å². The van der Waals surface area contributed by atoms with Crippen LogP contribution in [0, 0.1) is 0 Å². The maximum Gasteiger partial charge on any atom is 0.337 e. The standard InChI is InChI=1S/C26H20N2O5/c1-32-26(31)17-7-9-24-21(12-17)20(19-5-3-2-4-18(19)14-33-24)10-11-28-15-27-22-13-16(25(29)30)6-8-23(22)28/h2-10,12-13,15H,11,14H2,1H3,(H,29,30)/b20-10+. The lowest BCUT2D eigenvalue weighted by molar-refractivity contribution is 0.0599. The number of benzene rings is 3. The Morgan fingerprint density at radius 3 is 2.73 bits per heavy atom. The Bertz CT molecular complexity index is 1430. The summed E-state index contributed by atoms with van der Waals surface area (Å²) in [5, 5.41) is 9.23. The number of carboxylic acids is 1. The number of ether oxygens (including phenoxy) is 2. The molecule has 0 unspecified atom stereocenters. The van der Waals surface area contributed by atoms with Crippen molar-refractivity contribution < 1.29 is 24.2 Å². The van der Waals surface area contributed by atoms with Crippen LogP contribution >= 0.6 is 0 Å². The summed E-state index contributed by atoms with van der Waals surface area (Å²) in [6, 6.07) is 18.2. The zero-order chi connectivity index (χ0) is 22.9. The maximum absolute atomic E-state index is 12.2. The van der Waals surface area contributed by atoms with E-state index < -0.39 is 11.9 Å². The van der Waals surface area contributed by atoms with Gasteiger partial charge in [-0.1, -0.05) is 30.3 Å². The summed E-state index contributed by atoms with van der Waals surface area (Å²) < 4.78 is 12.9. The third kappa shape index (κ3) is 3.74. The number of allylic oxidation sites excluding steroid dienone is 1. The van der Waals surface area contributed by atoms with Gasteiger partial charge in [0.15, 0.2) is 0 Å². The van der Waals surface area contributed by atoms with Crippen molar-refractivity contribution in [2.45, 2.75) is 13.2 Å². The number of aromatic carboxylic acids is 1. The van der Waals surface area contributed by atoms with Gasteiger partial charge in [-0.25, -0.2) is 14.6 Å². The highest BCUT2D eigenvalue weighted by atomic mass is 16.5. The molecule has 0 bridgehead atoms. The van der Waals surface area contributed by atoms with Crippen molar-refractivity contribution in [3.63, 3.8) is 0 Å². The van der Waals surface area contributed by atoms with Gasteiger partial charge >= 0.3 is 11.9 Å². The highest BCUT2D eigenvalue weighted by Crippen LogP contribution is 2.37. The number of methoxy groups -OCH3 is 1. The average molecular weight is 440 g/mol. The summed E-state index contributed by atoms with van der Waals surface area (Å²) >= 11 is 0. The molecule has 0 radical (unpaired) electrons. The number of hydrogen-bond donors (Lipinski definition) is 1. The molecule has 1 aliphatic rings. The molecule has 5 rings (SSSR count). The van der Waals surface area contributed by atoms with E-state index in [4.69, 9.17) is 9.47 Å². The fraction of sp³-hybridized carbons (Fsp3) is 0.115. The first-order chi connectivity index (χ1) is 16.0. The third-order valence-corrected chi connectivity index (χ3v) is 5.74. The molecule has 0 aliphatic carbocycles. The summed E-state index contributed by atoms with van der Waals surface area (Å²) in [7, 11) is 1.36. The number of fused-ring (bicyclic) bond motifs is 3. The van der Waals surface area contributed by atoms with Crippen molar-refractivity contribution >= 4 is 28.5 Å². The first kappa shape index (κ1) is 20.5. The minimum Gasteiger partial charge on any atom is -0.488 e. The lowest BCUT2D eigenvalue weighted by Gasteiger charge is -2.12. The van der Waals surface area contributed by atoms with E-state index in [2.05, 4.69) is 11.1 Å². The van der Waals surface area contributed by atoms with Crippen molar-refractivity contribution in [3.05, 3.63) is 101 Å². The SMILES string of the molecule is COC(=O)c1ccc2c(c1)/C(=C/Cn1cnc3cc(C(=O)O)ccc31)c1ccccc1CO2. The minimum atomic E-state index is -0.985. The predicted octanol–water partition coefficient (Wildman–Crippen LogP) is 4.55. The van der Waals surface area contributed by atoms with Crippen molar-refractivity contribution in [2.24, 2.45) is 0 Å². The van der Waals surface area contributed by atoms with Gasteiger partial charge in [0.25, 0.3) is 0 Å². The summed E-state index contributed by atoms with van der Waals surface area (Å²) in [6.07, 6.45) is 3.76. The van der Waals surface area contributed by atoms with E-state index in [-0.39, 0.29) is 5.56 Å². The molecule has 0 fully saturated rings. The van der Waals surface area contributed by atoms with Crippen LogP contribution in [0.5, 0.6) is 5.75 Å². The smallest absolute Gasteiger partial charge is 0.337 e. The quantitative estimate of drug-likeness (QED) is 0.469. The van der Waals surface area contributed by atoms with E-state index in [1.807, 2.05) is 28.8 Å². The molecular weight excluding hydrogens is 420 g/mol. The summed E-state index contributed by atoms with van der Waals surface area (Å²) in [4.78, 5) is 27.8. The Kier molecular flexibility index (Phi) is 5.14. The van der Waals surface area contributed by atoms with Gasteiger partial charge in [0.05, 0.1) is 35.6 Å². The van der Waals surface area contributed by atoms with Gasteiger partial charge in [0.2, 0.25) is 0 Å². The molecule has 0 saturated heterocycles. The van der Waals surface area contributed by atoms with Crippen molar-refractivity contribution in [1.29, 1.82) is 0 Å². The second-order valence-corrected chi connectivity index (χ2v) is 7.67. The fourth-order valence-corrected chi connectivity index (χ4v) is 4.07. The van der Waals surface area contributed by atoms with E-state index in [9.17, 15) is 14.7 Å². The third-order valence-electron chi connectivity index (χ3n) is 5.74. The van der Waals surface area contributed by atoms with E-state index >= 15 is 0 Å². The second-order valence-electron chi connectivity index (χ2n) is 7.67. The molecule has 0 atom stereocenters. The molecule has 33 heavy (non-hydrogen) atoms. The minimum absolute atomic E-state index is 0.199. The fourth-order valence-electron chi connectivity index (χ4n) is 4.07. The molecule has 7 nitrogen and oxygen atoms in total. The van der Waals surface area contributed by atoms with Gasteiger partial charge in [-0.05, 0) is 53.1 Å². The van der Waals surface area contributed by atoms with Crippen molar-refractivity contribution in [3.8, 4) is 5.75 Å². The van der Waals surface area contributed by atoms with Crippen LogP contribution in [0.15, 0.2) is 73.1 Å². The highest BCUT2D eigenvalue weighted by molar-refractivity contribution is 5.94. The number of nitrogens with zero attached hydrogens (tertiary/aromatic N) is 2. The van der Waals surface area contributed by atoms with Crippen molar-refractivity contribution in [1.82, 2.24) is 9.55 Å². The molecule has 0 saturated carbocycles. The lowest BCUT2D eigenvalue weighted by Crippen LogP contribution is -2.03. The second kappa shape index (κ2) is 8.27. The molecule has 0 amide bonds. The van der Waals surface area contributed by atoms with Gasteiger partial charge < -0.3 is 19.1 Å². The van der Waals surface area contributed by atoms with Crippen LogP contribution in [0.3, 0.4) is 0 Å². The monoisotopic (exact) mass is 440 g/mol. The van der Waals surface area contributed by atoms with Gasteiger partial charge in [0.1, 0.15) is 12.4 Å². The lowest BCUT2D eigenvalue weighted by atomic mass is 9.93. The number of esters is 1. The Morgan fingerprint density at radius 2 is 1.91 bits per heavy atom. The Balaban J connectivity index is 1.61. The molecule has 3 aromatic carbocycles. The predicted molar refractivity (Wildman–Crippen MR) is 122 cm³/mol. The zero-order valence-electron chi connectivity index (χ0n) is 17.8. The summed E-state index contributed by atoms with van der Waals surface area (Å²) in [5.41, 5.74) is 5.90. The Hall–Kier alpha value is -4.39. The number of hydrogen-bond acceptors (Lipinski definition) is 5. The van der Waals surface area contributed by atoms with Gasteiger partial charge in [-0.3, -0.25) is 0 Å². The molecular formula is C26H20N2O5. The van der Waals surface area contributed by atoms with Gasteiger partial charge in [-0.15, -0.1) is 0 Å². The van der Waals surface area contributed by atoms with Crippen LogP contribution in [0.25, 0.3) is 16.6 Å². The Labute approximate surface area is 189 Å². The van der Waals surface area contributed by atoms with E-state index in [1.54, 1.807) is 42.7 Å². The number of carboxylic acid groups (broad SMARTS) is 1. The number of carbonyl (C=O) groups is 2. The van der Waals surface area contributed by atoms with Crippen LogP contribution in [-0.4, -0.2) is 33.7 Å². The first-order valence-corrected chi connectivity index (χ1v) is 10.4. The first-order valence-electron chi connectivity index (χ1n) is 10.4. The normalized spacial score (nSPS) is 13.7. The average Bonchev–Trinajstić information content (AvgIpc) is 3.18. The molecule has 1 N–H and O–H groups in total. The molecule has 1 aromatic heterocycles. The van der Waals surface area contributed by atoms with E-state index in [0.717, 1.165) is 27.8 Å². The van der Waals surface area contributed by atoms with Crippen LogP contribution in [-0.2, 0) is 17.9 Å². The number of aromatic nitrogens is 2. The molecule has 1 aliphatic heterocycles. The molecule has 0 spiro atoms. The maximum atomic E-state index is 12.2. The van der Waals surface area contributed by atoms with Crippen LogP contribution < -0.4 is 4.74 Å². The molecule has 7 heteroatoms. The zero-order valence-corrected chi connectivity index (χ0v) is 17.8. The molecule has 4 aromatic rings. The summed E-state index contributed by atoms with van der Waals surface area (Å²) in [5.74, 6) is -0.710. The molecule has 2 heterocycles. The Morgan fingerprint density at radius 1 is 1.09 bits per heavy atom. The van der Waals surface area contributed by atoms with Crippen molar-refractivity contribution in [2.75, 3.05) is 7.11 Å². The number of imidazole rings is 1. The summed E-state index contributed by atoms with van der Waals surface area (Å²) in [6.45, 7) is 0.915. The molecule has 164 valence electrons. The van der Waals surface area contributed by atoms with Crippen LogP contribution in [0.2, 0.25) is 0 Å². The largest absolute Gasteiger partial charge is 0.488 e. The van der Waals surface area contributed by atoms with Crippen LogP contribution in [0.1, 0.15) is 37.4 Å². The van der Waals surface area contributed by atoms with E-state index in [0.29, 0.717) is 30.0 Å². The van der Waals surface area contributed by atoms with Crippen LogP contribution in [0.4, 0.5) is 0 Å². The highest BCUT2D eigenvalue weighted by Gasteiger charge is 2.21. The van der Waals surface area contributed by atoms with Gasteiger partial charge in [0, 0.05) is 12.1 Å². The number of carbonyl (C=O) groups excluding carboxylic acids is 1.